The van der Waals surface area contributed by atoms with Crippen molar-refractivity contribution >= 4 is 0 Å². The van der Waals surface area contributed by atoms with Gasteiger partial charge in [-0.1, -0.05) is 12.2 Å². The predicted octanol–water partition coefficient (Wildman–Crippen LogP) is 2.85. The monoisotopic (exact) mass is 184 g/mol. The fourth-order valence-corrected chi connectivity index (χ4v) is 6.99. The summed E-state index contributed by atoms with van der Waals surface area (Å²) in [5.74, 6) is 6.94. The third-order valence-corrected chi connectivity index (χ3v) is 7.48. The maximum absolute atomic E-state index is 4.59. The normalized spacial score (nSPS) is 82.0. The zero-order valence-electron chi connectivity index (χ0n) is 8.50. The SMILES string of the molecule is C=C(C12C3CCC1C32)C12C3CCC1C32. The summed E-state index contributed by atoms with van der Waals surface area (Å²) >= 11 is 0. The predicted molar refractivity (Wildman–Crippen MR) is 53.4 cm³/mol. The van der Waals surface area contributed by atoms with Crippen LogP contribution in [0.4, 0.5) is 0 Å². The van der Waals surface area contributed by atoms with E-state index < -0.39 is 0 Å². The van der Waals surface area contributed by atoms with Gasteiger partial charge < -0.3 is 0 Å². The Balaban J connectivity index is 1.48. The van der Waals surface area contributed by atoms with Gasteiger partial charge in [0.05, 0.1) is 0 Å². The van der Waals surface area contributed by atoms with Crippen LogP contribution in [0.5, 0.6) is 0 Å². The molecular formula is C14H16. The van der Waals surface area contributed by atoms with Crippen LogP contribution in [0.1, 0.15) is 25.7 Å². The van der Waals surface area contributed by atoms with Crippen LogP contribution >= 0.6 is 0 Å². The molecule has 0 heteroatoms. The van der Waals surface area contributed by atoms with Crippen LogP contribution in [0.2, 0.25) is 0 Å². The Bertz CT molecular complexity index is 337. The van der Waals surface area contributed by atoms with E-state index in [1.807, 2.05) is 0 Å². The minimum atomic E-state index is 0.798. The Morgan fingerprint density at radius 2 is 1.14 bits per heavy atom. The molecule has 0 aromatic carbocycles. The van der Waals surface area contributed by atoms with Crippen molar-refractivity contribution in [1.82, 2.24) is 0 Å². The van der Waals surface area contributed by atoms with E-state index in [2.05, 4.69) is 6.58 Å². The summed E-state index contributed by atoms with van der Waals surface area (Å²) in [4.78, 5) is 0. The Labute approximate surface area is 84.8 Å². The molecule has 0 aromatic heterocycles. The van der Waals surface area contributed by atoms with E-state index in [4.69, 9.17) is 0 Å². The molecule has 0 aliphatic heterocycles. The topological polar surface area (TPSA) is 0 Å². The summed E-state index contributed by atoms with van der Waals surface area (Å²) in [6, 6.07) is 0. The first-order valence-corrected chi connectivity index (χ1v) is 6.55. The molecule has 8 rings (SSSR count). The van der Waals surface area contributed by atoms with Crippen molar-refractivity contribution < 1.29 is 0 Å². The number of allylic oxidation sites excluding steroid dienone is 1. The lowest BCUT2D eigenvalue weighted by molar-refractivity contribution is 0.462. The molecule has 8 fully saturated rings. The van der Waals surface area contributed by atoms with Crippen LogP contribution < -0.4 is 0 Å². The van der Waals surface area contributed by atoms with E-state index in [1.54, 1.807) is 31.3 Å². The van der Waals surface area contributed by atoms with Crippen molar-refractivity contribution in [3.05, 3.63) is 12.2 Å². The highest BCUT2D eigenvalue weighted by Gasteiger charge is 2.98. The van der Waals surface area contributed by atoms with Crippen LogP contribution in [0.25, 0.3) is 0 Å². The largest absolute Gasteiger partial charge is 0.0987 e. The fraction of sp³-hybridized carbons (Fsp3) is 0.857. The highest BCUT2D eigenvalue weighted by Crippen LogP contribution is 3.03. The molecular weight excluding hydrogens is 168 g/mol. The molecule has 0 spiro atoms. The second kappa shape index (κ2) is 1.30. The standard InChI is InChI=1S/C14H16/c1-6(13-7-2-3-8(13)11(7)13)14-9-4-5-10(14)12(9)14/h7-12H,1-5H2. The molecule has 0 heterocycles. The van der Waals surface area contributed by atoms with Gasteiger partial charge in [-0.3, -0.25) is 0 Å². The molecule has 0 aromatic rings. The van der Waals surface area contributed by atoms with Gasteiger partial charge in [0.1, 0.15) is 0 Å². The van der Waals surface area contributed by atoms with Crippen LogP contribution in [0.3, 0.4) is 0 Å². The fourth-order valence-electron chi connectivity index (χ4n) is 6.99. The number of rotatable bonds is 2. The van der Waals surface area contributed by atoms with Gasteiger partial charge in [0, 0.05) is 10.8 Å². The Morgan fingerprint density at radius 1 is 0.786 bits per heavy atom. The number of fused-ring (bicyclic) bond motifs is 2. The van der Waals surface area contributed by atoms with Crippen LogP contribution in [0.15, 0.2) is 12.2 Å². The second-order valence-electron chi connectivity index (χ2n) is 6.98. The molecule has 0 saturated heterocycles. The summed E-state index contributed by atoms with van der Waals surface area (Å²) in [5, 5.41) is 0. The lowest BCUT2D eigenvalue weighted by Gasteiger charge is -2.17. The zero-order valence-corrected chi connectivity index (χ0v) is 8.50. The van der Waals surface area contributed by atoms with Crippen LogP contribution in [0, 0.1) is 46.3 Å². The summed E-state index contributed by atoms with van der Waals surface area (Å²) in [6.45, 7) is 4.59. The molecule has 72 valence electrons. The third kappa shape index (κ3) is 0.313. The average Bonchev–Trinajstić information content (AvgIpc) is 3.11. The Kier molecular flexibility index (Phi) is 0.590. The zero-order chi connectivity index (χ0) is 8.87. The van der Waals surface area contributed by atoms with Crippen LogP contribution in [-0.2, 0) is 0 Å². The van der Waals surface area contributed by atoms with Crippen molar-refractivity contribution in [2.45, 2.75) is 25.7 Å². The molecule has 4 bridgehead atoms. The molecule has 4 atom stereocenters. The molecule has 8 saturated carbocycles. The van der Waals surface area contributed by atoms with Gasteiger partial charge in [-0.05, 0) is 61.2 Å². The first-order chi connectivity index (χ1) is 6.85. The second-order valence-corrected chi connectivity index (χ2v) is 6.98. The molecule has 4 unspecified atom stereocenters. The summed E-state index contributed by atoms with van der Waals surface area (Å²) in [5.41, 5.74) is 3.40. The highest BCUT2D eigenvalue weighted by atomic mass is 15.0. The maximum Gasteiger partial charge on any atom is 0.00118 e. The summed E-state index contributed by atoms with van der Waals surface area (Å²) in [7, 11) is 0. The van der Waals surface area contributed by atoms with Gasteiger partial charge >= 0.3 is 0 Å². The maximum atomic E-state index is 4.59. The van der Waals surface area contributed by atoms with Crippen molar-refractivity contribution in [3.8, 4) is 0 Å². The number of hydrogen-bond donors (Lipinski definition) is 0. The molecule has 0 radical (unpaired) electrons. The smallest absolute Gasteiger partial charge is 0.00118 e. The molecule has 14 heavy (non-hydrogen) atoms. The molecule has 0 nitrogen and oxygen atoms in total. The molecule has 8 aliphatic carbocycles. The van der Waals surface area contributed by atoms with Crippen LogP contribution in [-0.4, -0.2) is 0 Å². The average molecular weight is 184 g/mol. The minimum absolute atomic E-state index is 0.798. The lowest BCUT2D eigenvalue weighted by Crippen LogP contribution is -2.10. The van der Waals surface area contributed by atoms with Crippen molar-refractivity contribution in [2.75, 3.05) is 0 Å². The van der Waals surface area contributed by atoms with Gasteiger partial charge in [-0.2, -0.15) is 0 Å². The van der Waals surface area contributed by atoms with E-state index in [9.17, 15) is 0 Å². The molecule has 0 N–H and O–H groups in total. The highest BCUT2D eigenvalue weighted by molar-refractivity contribution is 5.58. The lowest BCUT2D eigenvalue weighted by atomic mass is 9.87. The van der Waals surface area contributed by atoms with Crippen molar-refractivity contribution in [3.63, 3.8) is 0 Å². The Hall–Kier alpha value is -0.260. The summed E-state index contributed by atoms with van der Waals surface area (Å²) < 4.78 is 0. The van der Waals surface area contributed by atoms with E-state index in [0.717, 1.165) is 34.5 Å². The third-order valence-electron chi connectivity index (χ3n) is 7.48. The Morgan fingerprint density at radius 3 is 1.43 bits per heavy atom. The van der Waals surface area contributed by atoms with Gasteiger partial charge in [0.15, 0.2) is 0 Å². The van der Waals surface area contributed by atoms with Gasteiger partial charge in [-0.15, -0.1) is 0 Å². The molecule has 0 amide bonds. The van der Waals surface area contributed by atoms with Crippen molar-refractivity contribution in [2.24, 2.45) is 46.3 Å². The van der Waals surface area contributed by atoms with E-state index >= 15 is 0 Å². The van der Waals surface area contributed by atoms with Crippen molar-refractivity contribution in [1.29, 1.82) is 0 Å². The van der Waals surface area contributed by atoms with Gasteiger partial charge in [0.2, 0.25) is 0 Å². The van der Waals surface area contributed by atoms with Gasteiger partial charge in [0.25, 0.3) is 0 Å². The van der Waals surface area contributed by atoms with E-state index in [0.29, 0.717) is 0 Å². The first-order valence-electron chi connectivity index (χ1n) is 6.55. The summed E-state index contributed by atoms with van der Waals surface area (Å²) in [6.07, 6.45) is 6.24. The first kappa shape index (κ1) is 6.35. The van der Waals surface area contributed by atoms with E-state index in [-0.39, 0.29) is 0 Å². The molecule has 8 aliphatic rings. The minimum Gasteiger partial charge on any atom is -0.0987 e. The van der Waals surface area contributed by atoms with Gasteiger partial charge in [-0.25, -0.2) is 0 Å². The quantitative estimate of drug-likeness (QED) is 0.579. The van der Waals surface area contributed by atoms with E-state index in [1.165, 1.54) is 11.8 Å². The number of hydrogen-bond acceptors (Lipinski definition) is 0.